The van der Waals surface area contributed by atoms with Gasteiger partial charge < -0.3 is 19.9 Å². The highest BCUT2D eigenvalue weighted by molar-refractivity contribution is 6.36. The Balaban J connectivity index is 1.51. The van der Waals surface area contributed by atoms with E-state index in [-0.39, 0.29) is 0 Å². The molecule has 1 aromatic carbocycles. The van der Waals surface area contributed by atoms with Crippen molar-refractivity contribution in [1.29, 1.82) is 0 Å². The molecule has 1 saturated heterocycles. The molecule has 4 heterocycles. The summed E-state index contributed by atoms with van der Waals surface area (Å²) >= 11 is 6.59. The fraction of sp³-hybridized carbons (Fsp3) is 0.263. The monoisotopic (exact) mass is 399 g/mol. The number of anilines is 3. The number of hydrogen-bond acceptors (Lipinski definition) is 5. The minimum Gasteiger partial charge on any atom is -0.369 e. The van der Waals surface area contributed by atoms with E-state index >= 15 is 0 Å². The average molecular weight is 400 g/mol. The molecule has 3 aromatic heterocycles. The molecule has 4 aromatic rings. The van der Waals surface area contributed by atoms with Crippen molar-refractivity contribution in [1.82, 2.24) is 24.9 Å². The lowest BCUT2D eigenvalue weighted by atomic mass is 10.2. The van der Waals surface area contributed by atoms with Crippen molar-refractivity contribution < 1.29 is 4.39 Å². The first-order valence-corrected chi connectivity index (χ1v) is 9.51. The van der Waals surface area contributed by atoms with Crippen LogP contribution in [0, 0.1) is 12.7 Å². The third-order valence-electron chi connectivity index (χ3n) is 4.97. The number of aromatic nitrogens is 4. The van der Waals surface area contributed by atoms with E-state index in [0.717, 1.165) is 48.5 Å². The van der Waals surface area contributed by atoms with E-state index in [0.29, 0.717) is 22.2 Å². The number of piperazine rings is 1. The smallest absolute Gasteiger partial charge is 0.173 e. The van der Waals surface area contributed by atoms with Crippen LogP contribution < -0.4 is 15.5 Å². The second kappa shape index (κ2) is 6.65. The summed E-state index contributed by atoms with van der Waals surface area (Å²) < 4.78 is 16.0. The third kappa shape index (κ3) is 2.94. The number of nitrogens with zero attached hydrogens (tertiary/aromatic N) is 4. The number of hydrogen-bond donors (Lipinski definition) is 3. The molecule has 0 aliphatic carbocycles. The Morgan fingerprint density at radius 3 is 2.82 bits per heavy atom. The molecule has 1 aliphatic rings. The van der Waals surface area contributed by atoms with Gasteiger partial charge in [-0.15, -0.1) is 0 Å². The Bertz CT molecular complexity index is 1180. The van der Waals surface area contributed by atoms with Crippen LogP contribution >= 0.6 is 11.6 Å². The third-order valence-corrected chi connectivity index (χ3v) is 5.27. The van der Waals surface area contributed by atoms with E-state index in [2.05, 4.69) is 30.7 Å². The first kappa shape index (κ1) is 17.3. The van der Waals surface area contributed by atoms with Crippen molar-refractivity contribution in [2.75, 3.05) is 36.4 Å². The van der Waals surface area contributed by atoms with Crippen LogP contribution in [0.1, 0.15) is 5.69 Å². The Morgan fingerprint density at radius 1 is 1.18 bits per heavy atom. The summed E-state index contributed by atoms with van der Waals surface area (Å²) in [6, 6.07) is 5.41. The second-order valence-electron chi connectivity index (χ2n) is 6.97. The molecule has 0 bridgehead atoms. The predicted octanol–water partition coefficient (Wildman–Crippen LogP) is 3.46. The van der Waals surface area contributed by atoms with Gasteiger partial charge in [0.1, 0.15) is 0 Å². The highest BCUT2D eigenvalue weighted by atomic mass is 35.5. The van der Waals surface area contributed by atoms with Crippen LogP contribution in [0.15, 0.2) is 30.6 Å². The number of rotatable bonds is 3. The highest BCUT2D eigenvalue weighted by Crippen LogP contribution is 2.34. The second-order valence-corrected chi connectivity index (χ2v) is 7.38. The summed E-state index contributed by atoms with van der Waals surface area (Å²) in [5.74, 6) is 0.160. The molecule has 0 radical (unpaired) electrons. The molecule has 1 fully saturated rings. The predicted molar refractivity (Wildman–Crippen MR) is 109 cm³/mol. The van der Waals surface area contributed by atoms with E-state index in [1.54, 1.807) is 16.8 Å². The number of pyridine rings is 1. The summed E-state index contributed by atoms with van der Waals surface area (Å²) in [6.45, 7) is 5.60. The lowest BCUT2D eigenvalue weighted by Crippen LogP contribution is -2.43. The first-order valence-electron chi connectivity index (χ1n) is 9.13. The molecule has 0 spiro atoms. The quantitative estimate of drug-likeness (QED) is 0.492. The van der Waals surface area contributed by atoms with Crippen molar-refractivity contribution in [2.45, 2.75) is 6.92 Å². The number of aromatic amines is 1. The van der Waals surface area contributed by atoms with Gasteiger partial charge in [0.15, 0.2) is 17.3 Å². The van der Waals surface area contributed by atoms with Crippen molar-refractivity contribution in [3.8, 4) is 0 Å². The van der Waals surface area contributed by atoms with Gasteiger partial charge in [0, 0.05) is 50.3 Å². The summed E-state index contributed by atoms with van der Waals surface area (Å²) in [5, 5.41) is 15.3. The van der Waals surface area contributed by atoms with Gasteiger partial charge in [0.2, 0.25) is 0 Å². The van der Waals surface area contributed by atoms with Crippen LogP contribution in [-0.2, 0) is 0 Å². The zero-order chi connectivity index (χ0) is 19.3. The van der Waals surface area contributed by atoms with Crippen molar-refractivity contribution in [2.24, 2.45) is 0 Å². The topological polar surface area (TPSA) is 73.3 Å². The molecule has 144 valence electrons. The standard InChI is InChI=1S/C19H19ClFN7/c1-11-9-28-10-12(6-15(21)19(28)23-11)24-18-17-14(20)7-13(8-16(17)25-26-18)27-4-2-22-3-5-27/h6-10,22H,2-5H2,1H3,(H2,24,25,26). The van der Waals surface area contributed by atoms with E-state index in [9.17, 15) is 4.39 Å². The fourth-order valence-corrected chi connectivity index (χ4v) is 3.98. The zero-order valence-electron chi connectivity index (χ0n) is 15.3. The van der Waals surface area contributed by atoms with Gasteiger partial charge in [-0.2, -0.15) is 5.10 Å². The molecule has 28 heavy (non-hydrogen) atoms. The molecule has 3 N–H and O–H groups in total. The normalized spacial score (nSPS) is 14.9. The van der Waals surface area contributed by atoms with Crippen molar-refractivity contribution >= 4 is 45.3 Å². The fourth-order valence-electron chi connectivity index (χ4n) is 3.67. The Labute approximate surface area is 165 Å². The summed E-state index contributed by atoms with van der Waals surface area (Å²) in [5.41, 5.74) is 3.52. The highest BCUT2D eigenvalue weighted by Gasteiger charge is 2.17. The number of imidazole rings is 1. The van der Waals surface area contributed by atoms with Gasteiger partial charge in [-0.1, -0.05) is 11.6 Å². The van der Waals surface area contributed by atoms with Gasteiger partial charge in [-0.05, 0) is 19.1 Å². The van der Waals surface area contributed by atoms with Crippen LogP contribution in [0.25, 0.3) is 16.6 Å². The number of benzene rings is 1. The Hall–Kier alpha value is -2.84. The van der Waals surface area contributed by atoms with E-state index in [4.69, 9.17) is 11.6 Å². The Morgan fingerprint density at radius 2 is 2.00 bits per heavy atom. The average Bonchev–Trinajstić information content (AvgIpc) is 3.26. The summed E-state index contributed by atoms with van der Waals surface area (Å²) in [6.07, 6.45) is 3.56. The number of aryl methyl sites for hydroxylation is 1. The maximum Gasteiger partial charge on any atom is 0.173 e. The van der Waals surface area contributed by atoms with Gasteiger partial charge in [0.05, 0.1) is 27.3 Å². The van der Waals surface area contributed by atoms with Crippen LogP contribution in [0.3, 0.4) is 0 Å². The number of fused-ring (bicyclic) bond motifs is 2. The van der Waals surface area contributed by atoms with Gasteiger partial charge in [-0.3, -0.25) is 5.10 Å². The summed E-state index contributed by atoms with van der Waals surface area (Å²) in [7, 11) is 0. The largest absolute Gasteiger partial charge is 0.369 e. The van der Waals surface area contributed by atoms with Crippen LogP contribution in [0.5, 0.6) is 0 Å². The van der Waals surface area contributed by atoms with Crippen LogP contribution in [0.2, 0.25) is 5.02 Å². The van der Waals surface area contributed by atoms with Crippen molar-refractivity contribution in [3.63, 3.8) is 0 Å². The van der Waals surface area contributed by atoms with Gasteiger partial charge in [-0.25, -0.2) is 9.37 Å². The lowest BCUT2D eigenvalue weighted by Gasteiger charge is -2.29. The molecular formula is C19H19ClFN7. The Kier molecular flexibility index (Phi) is 4.10. The van der Waals surface area contributed by atoms with E-state index < -0.39 is 5.82 Å². The lowest BCUT2D eigenvalue weighted by molar-refractivity contribution is 0.589. The molecular weight excluding hydrogens is 381 g/mol. The molecule has 0 amide bonds. The molecule has 9 heteroatoms. The van der Waals surface area contributed by atoms with Gasteiger partial charge >= 0.3 is 0 Å². The number of H-pyrrole nitrogens is 1. The summed E-state index contributed by atoms with van der Waals surface area (Å²) in [4.78, 5) is 6.47. The van der Waals surface area contributed by atoms with Crippen molar-refractivity contribution in [3.05, 3.63) is 47.1 Å². The van der Waals surface area contributed by atoms with Gasteiger partial charge in [0.25, 0.3) is 0 Å². The molecule has 0 atom stereocenters. The maximum atomic E-state index is 14.4. The molecule has 7 nitrogen and oxygen atoms in total. The SMILES string of the molecule is Cc1cn2cc(Nc3n[nH]c4cc(N5CCNCC5)cc(Cl)c34)cc(F)c2n1. The van der Waals surface area contributed by atoms with Crippen LogP contribution in [0.4, 0.5) is 21.6 Å². The van der Waals surface area contributed by atoms with E-state index in [1.165, 1.54) is 6.07 Å². The number of nitrogens with one attached hydrogen (secondary N) is 3. The zero-order valence-corrected chi connectivity index (χ0v) is 16.0. The molecule has 0 unspecified atom stereocenters. The molecule has 5 rings (SSSR count). The minimum atomic E-state index is -0.398. The number of halogens is 2. The maximum absolute atomic E-state index is 14.4. The first-order chi connectivity index (χ1) is 13.6. The van der Waals surface area contributed by atoms with E-state index in [1.807, 2.05) is 19.1 Å². The molecule has 1 aliphatic heterocycles. The molecule has 0 saturated carbocycles. The van der Waals surface area contributed by atoms with Crippen LogP contribution in [-0.4, -0.2) is 45.8 Å². The minimum absolute atomic E-state index is 0.300.